The molecule has 1 aromatic carbocycles. The van der Waals surface area contributed by atoms with Gasteiger partial charge in [0.1, 0.15) is 5.56 Å². The van der Waals surface area contributed by atoms with E-state index in [0.717, 1.165) is 35.4 Å². The van der Waals surface area contributed by atoms with Crippen LogP contribution >= 0.6 is 23.1 Å². The first kappa shape index (κ1) is 21.1. The molecule has 1 N–H and O–H groups in total. The molecule has 0 spiro atoms. The molecule has 1 fully saturated rings. The number of halogens is 3. The van der Waals surface area contributed by atoms with Gasteiger partial charge in [-0.25, -0.2) is 9.97 Å². The number of aryl methyl sites for hydroxylation is 1. The summed E-state index contributed by atoms with van der Waals surface area (Å²) in [5, 5.41) is 4.96. The molecule has 9 heteroatoms. The van der Waals surface area contributed by atoms with Gasteiger partial charge in [0.25, 0.3) is 0 Å². The van der Waals surface area contributed by atoms with E-state index in [1.165, 1.54) is 28.7 Å². The summed E-state index contributed by atoms with van der Waals surface area (Å²) < 4.78 is 40.7. The Balaban J connectivity index is 1.68. The number of nitrogens with one attached hydrogen (secondary N) is 1. The average Bonchev–Trinajstić information content (AvgIpc) is 3.16. The predicted molar refractivity (Wildman–Crippen MR) is 117 cm³/mol. The number of thiophene rings is 1. The second-order valence-corrected chi connectivity index (χ2v) is 9.21. The van der Waals surface area contributed by atoms with Crippen molar-refractivity contribution < 1.29 is 13.2 Å². The van der Waals surface area contributed by atoms with Crippen molar-refractivity contribution in [3.63, 3.8) is 0 Å². The molecule has 0 atom stereocenters. The van der Waals surface area contributed by atoms with Crippen molar-refractivity contribution in [2.45, 2.75) is 23.9 Å². The van der Waals surface area contributed by atoms with Crippen molar-refractivity contribution in [1.29, 1.82) is 0 Å². The van der Waals surface area contributed by atoms with E-state index >= 15 is 0 Å². The van der Waals surface area contributed by atoms with Crippen LogP contribution in [0.4, 0.5) is 24.8 Å². The number of hydrogen-bond acceptors (Lipinski definition) is 6. The maximum absolute atomic E-state index is 13.6. The Morgan fingerprint density at radius 2 is 2.00 bits per heavy atom. The van der Waals surface area contributed by atoms with E-state index in [1.807, 2.05) is 30.7 Å². The summed E-state index contributed by atoms with van der Waals surface area (Å²) in [6.45, 7) is 3.95. The summed E-state index contributed by atoms with van der Waals surface area (Å²) in [5.74, 6) is 0.624. The molecule has 4 rings (SSSR count). The number of likely N-dealkylation sites (N-methyl/N-ethyl adjacent to an activating group) is 1. The topological polar surface area (TPSA) is 41.1 Å². The van der Waals surface area contributed by atoms with Crippen LogP contribution in [-0.2, 0) is 6.18 Å². The van der Waals surface area contributed by atoms with Crippen LogP contribution in [0.25, 0.3) is 10.6 Å². The fourth-order valence-electron chi connectivity index (χ4n) is 3.45. The third-order valence-corrected chi connectivity index (χ3v) is 6.98. The lowest BCUT2D eigenvalue weighted by atomic mass is 9.91. The summed E-state index contributed by atoms with van der Waals surface area (Å²) in [7, 11) is 2.08. The number of anilines is 2. The van der Waals surface area contributed by atoms with E-state index in [0.29, 0.717) is 10.8 Å². The minimum absolute atomic E-state index is 0.0975. The van der Waals surface area contributed by atoms with Gasteiger partial charge in [-0.1, -0.05) is 12.1 Å². The Kier molecular flexibility index (Phi) is 5.78. The quantitative estimate of drug-likeness (QED) is 0.481. The average molecular weight is 451 g/mol. The summed E-state index contributed by atoms with van der Waals surface area (Å²) in [4.78, 5) is 11.9. The second kappa shape index (κ2) is 8.20. The number of benzene rings is 1. The van der Waals surface area contributed by atoms with Crippen LogP contribution in [0.5, 0.6) is 0 Å². The molecule has 1 aliphatic heterocycles. The van der Waals surface area contributed by atoms with Gasteiger partial charge in [-0.05, 0) is 43.5 Å². The maximum atomic E-state index is 13.6. The Labute approximate surface area is 181 Å². The monoisotopic (exact) mass is 450 g/mol. The number of hydrogen-bond donors (Lipinski definition) is 1. The van der Waals surface area contributed by atoms with Gasteiger partial charge in [0.05, 0.1) is 10.6 Å². The Bertz CT molecular complexity index is 1060. The molecular weight excluding hydrogens is 429 g/mol. The highest BCUT2D eigenvalue weighted by Crippen LogP contribution is 2.40. The van der Waals surface area contributed by atoms with Gasteiger partial charge in [-0.3, -0.25) is 0 Å². The van der Waals surface area contributed by atoms with E-state index in [9.17, 15) is 13.2 Å². The molecule has 30 heavy (non-hydrogen) atoms. The fraction of sp³-hybridized carbons (Fsp3) is 0.333. The van der Waals surface area contributed by atoms with Crippen LogP contribution in [0.3, 0.4) is 0 Å². The standard InChI is InChI=1S/C21H21F3N4S2/c1-12-4-5-13(14-9-28(2)10-14)6-17(12)26-20-25-8-16(21(22,23)24)19(27-20)18-7-15(29-3)11-30-18/h4-8,11,14H,9-10H2,1-3H3,(H,25,26,27). The first-order chi connectivity index (χ1) is 14.2. The molecule has 0 aliphatic carbocycles. The molecule has 0 saturated carbocycles. The molecule has 0 radical (unpaired) electrons. The number of thioether (sulfide) groups is 1. The number of aromatic nitrogens is 2. The second-order valence-electron chi connectivity index (χ2n) is 7.42. The van der Waals surface area contributed by atoms with Crippen molar-refractivity contribution in [3.05, 3.63) is 52.5 Å². The smallest absolute Gasteiger partial charge is 0.324 e. The SMILES string of the molecule is CSc1csc(-c2nc(Nc3cc(C4CN(C)C4)ccc3C)ncc2C(F)(F)F)c1. The van der Waals surface area contributed by atoms with Crippen LogP contribution in [0.15, 0.2) is 40.7 Å². The molecule has 0 amide bonds. The normalized spacial score (nSPS) is 15.3. The Morgan fingerprint density at radius 3 is 2.63 bits per heavy atom. The number of likely N-dealkylation sites (tertiary alicyclic amines) is 1. The minimum atomic E-state index is -4.52. The third-order valence-electron chi connectivity index (χ3n) is 5.18. The summed E-state index contributed by atoms with van der Waals surface area (Å²) in [6, 6.07) is 7.90. The summed E-state index contributed by atoms with van der Waals surface area (Å²) in [5.41, 5.74) is 2.07. The molecule has 1 aliphatic rings. The van der Waals surface area contributed by atoms with E-state index in [-0.39, 0.29) is 11.6 Å². The molecule has 3 heterocycles. The molecule has 1 saturated heterocycles. The lowest BCUT2D eigenvalue weighted by Gasteiger charge is -2.36. The highest BCUT2D eigenvalue weighted by atomic mass is 32.2. The first-order valence-corrected chi connectivity index (χ1v) is 11.5. The Morgan fingerprint density at radius 1 is 1.23 bits per heavy atom. The highest BCUT2D eigenvalue weighted by Gasteiger charge is 2.36. The summed E-state index contributed by atoms with van der Waals surface area (Å²) in [6.07, 6.45) is -1.77. The van der Waals surface area contributed by atoms with Crippen LogP contribution in [-0.4, -0.2) is 41.3 Å². The zero-order valence-corrected chi connectivity index (χ0v) is 18.4. The van der Waals surface area contributed by atoms with Gasteiger partial charge in [-0.15, -0.1) is 23.1 Å². The number of nitrogens with zero attached hydrogens (tertiary/aromatic N) is 3. The molecule has 0 unspecified atom stereocenters. The Hall–Kier alpha value is -2.10. The lowest BCUT2D eigenvalue weighted by molar-refractivity contribution is -0.137. The van der Waals surface area contributed by atoms with Gasteiger partial charge in [0.2, 0.25) is 5.95 Å². The largest absolute Gasteiger partial charge is 0.420 e. The van der Waals surface area contributed by atoms with Gasteiger partial charge in [0.15, 0.2) is 0 Å². The third kappa shape index (κ3) is 4.33. The van der Waals surface area contributed by atoms with Crippen molar-refractivity contribution in [3.8, 4) is 10.6 Å². The van der Waals surface area contributed by atoms with E-state index < -0.39 is 11.7 Å². The predicted octanol–water partition coefficient (Wildman–Crippen LogP) is 6.03. The molecule has 4 nitrogen and oxygen atoms in total. The zero-order chi connectivity index (χ0) is 21.5. The van der Waals surface area contributed by atoms with Gasteiger partial charge >= 0.3 is 6.18 Å². The minimum Gasteiger partial charge on any atom is -0.324 e. The van der Waals surface area contributed by atoms with E-state index in [1.54, 1.807) is 6.07 Å². The molecular formula is C21H21F3N4S2. The number of alkyl halides is 3. The molecule has 158 valence electrons. The first-order valence-electron chi connectivity index (χ1n) is 9.38. The van der Waals surface area contributed by atoms with Crippen molar-refractivity contribution in [2.75, 3.05) is 31.7 Å². The van der Waals surface area contributed by atoms with Crippen molar-refractivity contribution in [1.82, 2.24) is 14.9 Å². The van der Waals surface area contributed by atoms with Gasteiger partial charge < -0.3 is 10.2 Å². The van der Waals surface area contributed by atoms with Crippen LogP contribution in [0.2, 0.25) is 0 Å². The number of rotatable bonds is 5. The molecule has 0 bridgehead atoms. The molecule has 2 aromatic heterocycles. The highest BCUT2D eigenvalue weighted by molar-refractivity contribution is 7.98. The van der Waals surface area contributed by atoms with Crippen LogP contribution in [0.1, 0.15) is 22.6 Å². The van der Waals surface area contributed by atoms with Crippen molar-refractivity contribution >= 4 is 34.7 Å². The van der Waals surface area contributed by atoms with E-state index in [4.69, 9.17) is 0 Å². The van der Waals surface area contributed by atoms with E-state index in [2.05, 4.69) is 33.3 Å². The fourth-order valence-corrected chi connectivity index (χ4v) is 5.06. The van der Waals surface area contributed by atoms with Gasteiger partial charge in [0, 0.05) is 41.2 Å². The summed E-state index contributed by atoms with van der Waals surface area (Å²) >= 11 is 2.73. The van der Waals surface area contributed by atoms with Crippen LogP contribution in [0, 0.1) is 6.92 Å². The zero-order valence-electron chi connectivity index (χ0n) is 16.7. The lowest BCUT2D eigenvalue weighted by Crippen LogP contribution is -2.41. The van der Waals surface area contributed by atoms with Crippen LogP contribution < -0.4 is 5.32 Å². The maximum Gasteiger partial charge on any atom is 0.420 e. The van der Waals surface area contributed by atoms with Crippen molar-refractivity contribution in [2.24, 2.45) is 0 Å². The molecule has 3 aromatic rings. The van der Waals surface area contributed by atoms with Gasteiger partial charge in [-0.2, -0.15) is 13.2 Å².